The SMILES string of the molecule is Fc1ccc(-c2csc3c2-n2cccc2C3=[N+]2CCCC2)cc1.[Cl-]. The number of nitrogens with zero attached hydrogens (tertiary/aromatic N) is 2. The van der Waals surface area contributed by atoms with E-state index in [4.69, 9.17) is 0 Å². The van der Waals surface area contributed by atoms with Crippen LogP contribution in [-0.4, -0.2) is 27.9 Å². The molecule has 5 heteroatoms. The number of benzene rings is 1. The maximum Gasteiger partial charge on any atom is 0.243 e. The molecule has 2 aliphatic rings. The van der Waals surface area contributed by atoms with Crippen LogP contribution >= 0.6 is 11.3 Å². The Morgan fingerprint density at radius 1 is 1.04 bits per heavy atom. The van der Waals surface area contributed by atoms with Gasteiger partial charge in [0.05, 0.1) is 5.69 Å². The van der Waals surface area contributed by atoms with Gasteiger partial charge in [0, 0.05) is 30.0 Å². The molecule has 2 aromatic heterocycles. The van der Waals surface area contributed by atoms with E-state index in [1.54, 1.807) is 11.3 Å². The number of hydrogen-bond donors (Lipinski definition) is 0. The monoisotopic (exact) mass is 358 g/mol. The Kier molecular flexibility index (Phi) is 3.82. The lowest BCUT2D eigenvalue weighted by molar-refractivity contribution is -0.504. The number of rotatable bonds is 1. The van der Waals surface area contributed by atoms with E-state index >= 15 is 0 Å². The first-order valence-electron chi connectivity index (χ1n) is 8.01. The van der Waals surface area contributed by atoms with Crippen LogP contribution in [0.4, 0.5) is 4.39 Å². The van der Waals surface area contributed by atoms with Crippen LogP contribution in [0, 0.1) is 5.82 Å². The summed E-state index contributed by atoms with van der Waals surface area (Å²) >= 11 is 1.80. The van der Waals surface area contributed by atoms with Gasteiger partial charge >= 0.3 is 0 Å². The Morgan fingerprint density at radius 3 is 2.54 bits per heavy atom. The van der Waals surface area contributed by atoms with Gasteiger partial charge < -0.3 is 17.0 Å². The van der Waals surface area contributed by atoms with Crippen molar-refractivity contribution in [2.24, 2.45) is 0 Å². The topological polar surface area (TPSA) is 7.94 Å². The van der Waals surface area contributed by atoms with Crippen molar-refractivity contribution < 1.29 is 21.4 Å². The predicted molar refractivity (Wildman–Crippen MR) is 91.5 cm³/mol. The summed E-state index contributed by atoms with van der Waals surface area (Å²) < 4.78 is 18.1. The number of thiophene rings is 1. The van der Waals surface area contributed by atoms with Gasteiger partial charge in [-0.15, -0.1) is 11.3 Å². The maximum absolute atomic E-state index is 13.2. The molecular weight excluding hydrogens is 343 g/mol. The fourth-order valence-electron chi connectivity index (χ4n) is 3.72. The van der Waals surface area contributed by atoms with E-state index in [2.05, 4.69) is 32.9 Å². The fourth-order valence-corrected chi connectivity index (χ4v) is 4.87. The molecule has 0 bridgehead atoms. The zero-order valence-corrected chi connectivity index (χ0v) is 14.6. The third kappa shape index (κ3) is 2.17. The predicted octanol–water partition coefficient (Wildman–Crippen LogP) is 1.31. The molecule has 0 saturated carbocycles. The molecule has 0 radical (unpaired) electrons. The van der Waals surface area contributed by atoms with Crippen LogP contribution in [0.3, 0.4) is 0 Å². The van der Waals surface area contributed by atoms with Crippen molar-refractivity contribution in [2.75, 3.05) is 13.1 Å². The van der Waals surface area contributed by atoms with Crippen LogP contribution in [0.15, 0.2) is 48.0 Å². The number of fused-ring (bicyclic) bond motifs is 3. The van der Waals surface area contributed by atoms with Crippen molar-refractivity contribution >= 4 is 17.0 Å². The van der Waals surface area contributed by atoms with Crippen LogP contribution < -0.4 is 12.4 Å². The number of hydrogen-bond acceptors (Lipinski definition) is 1. The van der Waals surface area contributed by atoms with Gasteiger partial charge in [-0.05, 0) is 29.8 Å². The first kappa shape index (κ1) is 15.6. The molecule has 2 nitrogen and oxygen atoms in total. The fraction of sp³-hybridized carbons (Fsp3) is 0.211. The van der Waals surface area contributed by atoms with Crippen molar-refractivity contribution in [3.05, 3.63) is 64.4 Å². The first-order chi connectivity index (χ1) is 11.3. The lowest BCUT2D eigenvalue weighted by atomic mass is 10.1. The molecule has 2 aliphatic heterocycles. The van der Waals surface area contributed by atoms with Crippen LogP contribution in [0.5, 0.6) is 0 Å². The summed E-state index contributed by atoms with van der Waals surface area (Å²) in [5.74, 6) is -0.188. The Morgan fingerprint density at radius 2 is 1.79 bits per heavy atom. The highest BCUT2D eigenvalue weighted by Crippen LogP contribution is 2.41. The van der Waals surface area contributed by atoms with E-state index in [1.807, 2.05) is 12.1 Å². The molecule has 1 aromatic carbocycles. The highest BCUT2D eigenvalue weighted by atomic mass is 35.5. The Bertz CT molecular complexity index is 929. The largest absolute Gasteiger partial charge is 1.00 e. The van der Waals surface area contributed by atoms with Crippen molar-refractivity contribution in [3.63, 3.8) is 0 Å². The lowest BCUT2D eigenvalue weighted by Gasteiger charge is -2.04. The van der Waals surface area contributed by atoms with Crippen molar-refractivity contribution in [1.29, 1.82) is 0 Å². The van der Waals surface area contributed by atoms with Crippen LogP contribution in [0.2, 0.25) is 0 Å². The van der Waals surface area contributed by atoms with Crippen LogP contribution in [0.1, 0.15) is 23.4 Å². The van der Waals surface area contributed by atoms with Crippen LogP contribution in [-0.2, 0) is 0 Å². The molecule has 24 heavy (non-hydrogen) atoms. The summed E-state index contributed by atoms with van der Waals surface area (Å²) in [5, 5.41) is 2.21. The molecule has 1 fully saturated rings. The molecule has 0 N–H and O–H groups in total. The zero-order valence-electron chi connectivity index (χ0n) is 13.0. The van der Waals surface area contributed by atoms with Gasteiger partial charge in [0.1, 0.15) is 29.5 Å². The highest BCUT2D eigenvalue weighted by molar-refractivity contribution is 7.13. The quantitative estimate of drug-likeness (QED) is 0.453. The van der Waals surface area contributed by atoms with Gasteiger partial charge in [0.25, 0.3) is 0 Å². The van der Waals surface area contributed by atoms with E-state index in [9.17, 15) is 4.39 Å². The maximum atomic E-state index is 13.2. The molecule has 0 spiro atoms. The van der Waals surface area contributed by atoms with E-state index < -0.39 is 0 Å². The number of aromatic nitrogens is 1. The molecule has 4 heterocycles. The van der Waals surface area contributed by atoms with Gasteiger partial charge in [-0.1, -0.05) is 12.1 Å². The summed E-state index contributed by atoms with van der Waals surface area (Å²) in [6.07, 6.45) is 4.68. The summed E-state index contributed by atoms with van der Waals surface area (Å²) in [5.41, 5.74) is 6.18. The second-order valence-electron chi connectivity index (χ2n) is 6.14. The van der Waals surface area contributed by atoms with Gasteiger partial charge in [0.2, 0.25) is 5.71 Å². The van der Waals surface area contributed by atoms with Gasteiger partial charge in [-0.3, -0.25) is 0 Å². The molecule has 122 valence electrons. The minimum Gasteiger partial charge on any atom is -1.00 e. The highest BCUT2D eigenvalue weighted by Gasteiger charge is 2.36. The Balaban J connectivity index is 0.00000146. The molecule has 0 unspecified atom stereocenters. The summed E-state index contributed by atoms with van der Waals surface area (Å²) in [4.78, 5) is 1.35. The molecule has 0 aliphatic carbocycles. The third-order valence-corrected chi connectivity index (χ3v) is 5.77. The van der Waals surface area contributed by atoms with E-state index in [-0.39, 0.29) is 18.2 Å². The first-order valence-corrected chi connectivity index (χ1v) is 8.89. The molecule has 3 aromatic rings. The molecule has 1 saturated heterocycles. The van der Waals surface area contributed by atoms with E-state index in [0.29, 0.717) is 0 Å². The molecule has 5 rings (SSSR count). The van der Waals surface area contributed by atoms with Crippen molar-refractivity contribution in [3.8, 4) is 16.8 Å². The van der Waals surface area contributed by atoms with E-state index in [0.717, 1.165) is 18.7 Å². The minimum atomic E-state index is -0.188. The third-order valence-electron chi connectivity index (χ3n) is 4.79. The number of halogens is 2. The van der Waals surface area contributed by atoms with Crippen molar-refractivity contribution in [1.82, 2.24) is 4.57 Å². The molecule has 0 atom stereocenters. The Hall–Kier alpha value is -1.91. The standard InChI is InChI=1S/C19H16FN2S.ClH/c20-14-7-5-13(6-8-14)15-12-23-19-17(15)22-11-3-4-16(22)18(19)21-9-1-2-10-21;/h3-8,11-12H,1-2,9-10H2;1H/q+1;/p-1. The average Bonchev–Trinajstić information content (AvgIpc) is 3.30. The molecular formula is C19H16ClFN2S. The van der Waals surface area contributed by atoms with Crippen molar-refractivity contribution in [2.45, 2.75) is 12.8 Å². The average molecular weight is 359 g/mol. The summed E-state index contributed by atoms with van der Waals surface area (Å²) in [7, 11) is 0. The van der Waals surface area contributed by atoms with Gasteiger partial charge in [-0.2, -0.15) is 0 Å². The van der Waals surface area contributed by atoms with Gasteiger partial charge in [0.15, 0.2) is 0 Å². The lowest BCUT2D eigenvalue weighted by Crippen LogP contribution is -3.00. The van der Waals surface area contributed by atoms with E-state index in [1.165, 1.54) is 52.5 Å². The minimum absolute atomic E-state index is 0. The summed E-state index contributed by atoms with van der Waals surface area (Å²) in [6.45, 7) is 2.29. The zero-order chi connectivity index (χ0) is 15.4. The van der Waals surface area contributed by atoms with Gasteiger partial charge in [-0.25, -0.2) is 8.97 Å². The molecule has 0 amide bonds. The normalized spacial score (nSPS) is 15.4. The smallest absolute Gasteiger partial charge is 0.243 e. The second-order valence-corrected chi connectivity index (χ2v) is 7.02. The van der Waals surface area contributed by atoms with Crippen LogP contribution in [0.25, 0.3) is 16.8 Å². The Labute approximate surface area is 150 Å². The second kappa shape index (κ2) is 5.87. The summed E-state index contributed by atoms with van der Waals surface area (Å²) in [6, 6.07) is 11.1.